The molecule has 0 spiro atoms. The summed E-state index contributed by atoms with van der Waals surface area (Å²) in [6, 6.07) is 0. The van der Waals surface area contributed by atoms with E-state index in [2.05, 4.69) is 14.2 Å². The lowest BCUT2D eigenvalue weighted by Crippen LogP contribution is -2.31. The van der Waals surface area contributed by atoms with Gasteiger partial charge in [-0.1, -0.05) is 63.0 Å². The number of rotatable bonds is 1. The van der Waals surface area contributed by atoms with E-state index in [9.17, 15) is 0 Å². The van der Waals surface area contributed by atoms with E-state index in [4.69, 9.17) is 0 Å². The van der Waals surface area contributed by atoms with Crippen molar-refractivity contribution in [1.29, 1.82) is 0 Å². The average Bonchev–Trinajstić information content (AvgIpc) is 2.05. The van der Waals surface area contributed by atoms with Crippen LogP contribution in [-0.2, 0) is 0 Å². The molecular weight excluding hydrogens is 131 g/mol. The summed E-state index contributed by atoms with van der Waals surface area (Å²) in [5, 5.41) is 0.696. The Morgan fingerprint density at radius 1 is 1.36 bits per heavy atom. The highest BCUT2D eigenvalue weighted by Crippen LogP contribution is 2.53. The van der Waals surface area contributed by atoms with Gasteiger partial charge >= 0.3 is 0 Å². The van der Waals surface area contributed by atoms with E-state index >= 15 is 0 Å². The van der Waals surface area contributed by atoms with Crippen LogP contribution in [0.5, 0.6) is 0 Å². The quantitative estimate of drug-likeness (QED) is 0.501. The second-order valence-electron chi connectivity index (χ2n) is 4.43. The molecule has 0 aromatic heterocycles. The molecule has 0 amide bonds. The fraction of sp³-hybridized carbons (Fsp3) is 1.00. The Labute approximate surface area is 72.5 Å². The maximum atomic E-state index is 2.69. The molecular formula is C10H20B. The molecule has 2 rings (SSSR count). The summed E-state index contributed by atoms with van der Waals surface area (Å²) in [5.41, 5.74) is 0. The van der Waals surface area contributed by atoms with Crippen molar-refractivity contribution in [3.63, 3.8) is 0 Å². The summed E-state index contributed by atoms with van der Waals surface area (Å²) < 4.78 is 0. The fourth-order valence-corrected chi connectivity index (χ4v) is 3.01. The minimum absolute atomic E-state index is 0. The van der Waals surface area contributed by atoms with E-state index in [1.54, 1.807) is 0 Å². The Kier molecular flexibility index (Phi) is 1.99. The van der Waals surface area contributed by atoms with Crippen LogP contribution in [0.1, 0.15) is 53.3 Å². The summed E-state index contributed by atoms with van der Waals surface area (Å²) in [7, 11) is 2.69. The van der Waals surface area contributed by atoms with E-state index in [1.165, 1.54) is 44.9 Å². The second-order valence-corrected chi connectivity index (χ2v) is 4.43. The van der Waals surface area contributed by atoms with Crippen LogP contribution in [0.4, 0.5) is 0 Å². The van der Waals surface area contributed by atoms with E-state index in [-0.39, 0.29) is 1.43 Å². The Hall–Kier alpha value is 0.0649. The first-order valence-corrected chi connectivity index (χ1v) is 5.21. The molecule has 0 aliphatic carbocycles. The predicted octanol–water partition coefficient (Wildman–Crippen LogP) is 3.66. The molecule has 2 aliphatic rings. The number of fused-ring (bicyclic) bond motifs is 2. The van der Waals surface area contributed by atoms with Crippen molar-refractivity contribution in [2.75, 3.05) is 0 Å². The summed E-state index contributed by atoms with van der Waals surface area (Å²) in [6.45, 7) is 2.37. The Morgan fingerprint density at radius 2 is 2.00 bits per heavy atom. The third-order valence-electron chi connectivity index (χ3n) is 3.79. The smallest absolute Gasteiger partial charge is 0.0682 e. The van der Waals surface area contributed by atoms with Gasteiger partial charge in [-0.15, -0.1) is 0 Å². The number of hydrogen-bond acceptors (Lipinski definition) is 0. The topological polar surface area (TPSA) is 0 Å². The van der Waals surface area contributed by atoms with Crippen molar-refractivity contribution in [3.8, 4) is 0 Å². The summed E-state index contributed by atoms with van der Waals surface area (Å²) >= 11 is 0. The first-order chi connectivity index (χ1) is 5.35. The molecule has 0 N–H and O–H groups in total. The monoisotopic (exact) mass is 151 g/mol. The minimum atomic E-state index is 0. The van der Waals surface area contributed by atoms with Gasteiger partial charge in [-0.25, -0.2) is 0 Å². The molecule has 1 radical (unpaired) electrons. The summed E-state index contributed by atoms with van der Waals surface area (Å²) in [4.78, 5) is 0. The van der Waals surface area contributed by atoms with Gasteiger partial charge in [0.25, 0.3) is 0 Å². The second kappa shape index (κ2) is 2.84. The molecule has 0 saturated carbocycles. The van der Waals surface area contributed by atoms with Crippen molar-refractivity contribution >= 4 is 7.28 Å². The largest absolute Gasteiger partial charge is 0.122 e. The average molecular weight is 151 g/mol. The first kappa shape index (κ1) is 7.70. The van der Waals surface area contributed by atoms with E-state index < -0.39 is 0 Å². The van der Waals surface area contributed by atoms with Crippen LogP contribution in [0.15, 0.2) is 0 Å². The van der Waals surface area contributed by atoms with Crippen LogP contribution < -0.4 is 0 Å². The minimum Gasteiger partial charge on any atom is -0.0682 e. The van der Waals surface area contributed by atoms with Gasteiger partial charge < -0.3 is 0 Å². The van der Waals surface area contributed by atoms with Gasteiger partial charge in [-0.2, -0.15) is 0 Å². The van der Waals surface area contributed by atoms with Gasteiger partial charge in [0.05, 0.1) is 0 Å². The van der Waals surface area contributed by atoms with E-state index in [0.29, 0.717) is 5.31 Å². The van der Waals surface area contributed by atoms with Gasteiger partial charge in [0, 0.05) is 1.43 Å². The van der Waals surface area contributed by atoms with Crippen LogP contribution in [-0.4, -0.2) is 7.28 Å². The van der Waals surface area contributed by atoms with Crippen LogP contribution in [0.25, 0.3) is 0 Å². The van der Waals surface area contributed by atoms with Crippen molar-refractivity contribution in [1.82, 2.24) is 0 Å². The number of hydrogen-bond donors (Lipinski definition) is 0. The third kappa shape index (κ3) is 1.34. The zero-order valence-corrected chi connectivity index (χ0v) is 7.60. The molecule has 2 bridgehead atoms. The van der Waals surface area contributed by atoms with Crippen LogP contribution in [0, 0.1) is 0 Å². The molecule has 2 fully saturated rings. The van der Waals surface area contributed by atoms with E-state index in [1.807, 2.05) is 0 Å². The molecule has 0 unspecified atom stereocenters. The van der Waals surface area contributed by atoms with Crippen LogP contribution in [0.2, 0.25) is 11.1 Å². The van der Waals surface area contributed by atoms with Crippen molar-refractivity contribution in [2.24, 2.45) is 0 Å². The molecule has 0 aromatic rings. The maximum Gasteiger partial charge on any atom is 0.122 e. The third-order valence-corrected chi connectivity index (χ3v) is 3.79. The van der Waals surface area contributed by atoms with Crippen LogP contribution >= 0.6 is 0 Å². The lowest BCUT2D eigenvalue weighted by Gasteiger charge is -2.44. The van der Waals surface area contributed by atoms with Gasteiger partial charge in [0.2, 0.25) is 0 Å². The highest BCUT2D eigenvalue weighted by Gasteiger charge is 2.38. The molecule has 0 atom stereocenters. The molecule has 0 aromatic carbocycles. The molecule has 0 nitrogen and oxygen atoms in total. The standard InChI is InChI=1S/C10H18B.H2/c1-2-10-7-3-5-9(11-10)6-4-8-10;/h9H,2-8H2,1H3;1H. The molecule has 63 valence electrons. The van der Waals surface area contributed by atoms with Crippen LogP contribution in [0.3, 0.4) is 0 Å². The zero-order chi connectivity index (χ0) is 7.73. The van der Waals surface area contributed by atoms with Gasteiger partial charge in [0.1, 0.15) is 7.28 Å². The summed E-state index contributed by atoms with van der Waals surface area (Å²) in [6.07, 6.45) is 10.3. The lowest BCUT2D eigenvalue weighted by molar-refractivity contribution is 0.341. The summed E-state index contributed by atoms with van der Waals surface area (Å²) in [5.74, 6) is 0.998. The molecule has 2 heterocycles. The lowest BCUT2D eigenvalue weighted by atomic mass is 9.35. The molecule has 2 saturated heterocycles. The highest BCUT2D eigenvalue weighted by atomic mass is 14.3. The Balaban J connectivity index is 0.000000720. The molecule has 11 heavy (non-hydrogen) atoms. The highest BCUT2D eigenvalue weighted by molar-refractivity contribution is 6.42. The first-order valence-electron chi connectivity index (χ1n) is 5.21. The van der Waals surface area contributed by atoms with Crippen molar-refractivity contribution < 1.29 is 1.43 Å². The molecule has 2 aliphatic heterocycles. The van der Waals surface area contributed by atoms with Crippen molar-refractivity contribution in [2.45, 2.75) is 63.0 Å². The van der Waals surface area contributed by atoms with E-state index in [0.717, 1.165) is 5.82 Å². The zero-order valence-electron chi connectivity index (χ0n) is 7.60. The Morgan fingerprint density at radius 3 is 2.45 bits per heavy atom. The van der Waals surface area contributed by atoms with Gasteiger partial charge in [-0.05, 0) is 0 Å². The fourth-order valence-electron chi connectivity index (χ4n) is 3.01. The van der Waals surface area contributed by atoms with Gasteiger partial charge in [0.15, 0.2) is 0 Å². The normalized spacial score (nSPS) is 43.2. The Bertz CT molecular complexity index is 137. The van der Waals surface area contributed by atoms with Gasteiger partial charge in [-0.3, -0.25) is 0 Å². The SMILES string of the molecule is CCC12[B]C(CCC1)CCC2.[HH]. The molecule has 1 heteroatoms. The maximum absolute atomic E-state index is 2.69. The predicted molar refractivity (Wildman–Crippen MR) is 52.3 cm³/mol. The van der Waals surface area contributed by atoms with Crippen molar-refractivity contribution in [3.05, 3.63) is 0 Å².